The summed E-state index contributed by atoms with van der Waals surface area (Å²) in [5, 5.41) is 0. The quantitative estimate of drug-likeness (QED) is 0.347. The first-order chi connectivity index (χ1) is 17.8. The fourth-order valence-electron chi connectivity index (χ4n) is 4.08. The van der Waals surface area contributed by atoms with E-state index in [0.29, 0.717) is 37.8 Å². The van der Waals surface area contributed by atoms with Gasteiger partial charge in [-0.2, -0.15) is 0 Å². The maximum absolute atomic E-state index is 13.7. The highest BCUT2D eigenvalue weighted by atomic mass is 32.1. The van der Waals surface area contributed by atoms with E-state index in [4.69, 9.17) is 18.9 Å². The molecule has 0 radical (unpaired) electrons. The van der Waals surface area contributed by atoms with Crippen molar-refractivity contribution in [3.05, 3.63) is 84.5 Å². The topological polar surface area (TPSA) is 105 Å². The molecule has 0 saturated carbocycles. The summed E-state index contributed by atoms with van der Waals surface area (Å²) in [6, 6.07) is 11.3. The first kappa shape index (κ1) is 25.9. The second kappa shape index (κ2) is 10.8. The van der Waals surface area contributed by atoms with Gasteiger partial charge >= 0.3 is 11.9 Å². The van der Waals surface area contributed by atoms with Crippen molar-refractivity contribution in [2.24, 2.45) is 4.99 Å². The molecule has 1 aromatic heterocycles. The van der Waals surface area contributed by atoms with E-state index in [0.717, 1.165) is 5.56 Å². The highest BCUT2D eigenvalue weighted by molar-refractivity contribution is 7.07. The number of aromatic nitrogens is 1. The van der Waals surface area contributed by atoms with E-state index in [1.165, 1.54) is 37.0 Å². The Labute approximate surface area is 216 Å². The number of hydrogen-bond acceptors (Lipinski definition) is 9. The lowest BCUT2D eigenvalue weighted by molar-refractivity contribution is -0.139. The number of carbonyl (C=O) groups excluding carboxylic acids is 2. The molecule has 0 unspecified atom stereocenters. The Morgan fingerprint density at radius 3 is 2.41 bits per heavy atom. The molecular weight excluding hydrogens is 496 g/mol. The molecule has 0 bridgehead atoms. The van der Waals surface area contributed by atoms with Gasteiger partial charge in [0.1, 0.15) is 5.75 Å². The predicted octanol–water partition coefficient (Wildman–Crippen LogP) is 2.74. The van der Waals surface area contributed by atoms with Crippen LogP contribution in [-0.2, 0) is 14.3 Å². The van der Waals surface area contributed by atoms with E-state index >= 15 is 0 Å². The van der Waals surface area contributed by atoms with E-state index in [1.807, 2.05) is 0 Å². The molecule has 0 N–H and O–H groups in total. The van der Waals surface area contributed by atoms with Gasteiger partial charge in [0.05, 0.1) is 42.7 Å². The molecule has 1 aliphatic rings. The van der Waals surface area contributed by atoms with Crippen LogP contribution < -0.4 is 29.1 Å². The van der Waals surface area contributed by atoms with Crippen LogP contribution in [0.4, 0.5) is 0 Å². The zero-order chi connectivity index (χ0) is 26.7. The molecule has 0 amide bonds. The van der Waals surface area contributed by atoms with Crippen molar-refractivity contribution in [3.63, 3.8) is 0 Å². The SMILES string of the molecule is CCOC(=O)C1=C(C)N=c2s/c(=C\c3ccc(OC(C)=O)cc3)c(=O)n2[C@H]1c1ccc(OC)c(OC)c1. The van der Waals surface area contributed by atoms with Crippen LogP contribution in [0.5, 0.6) is 17.2 Å². The van der Waals surface area contributed by atoms with Gasteiger partial charge in [-0.1, -0.05) is 29.5 Å². The Hall–Kier alpha value is -4.18. The van der Waals surface area contributed by atoms with Crippen LogP contribution in [0.25, 0.3) is 6.08 Å². The molecule has 9 nitrogen and oxygen atoms in total. The average Bonchev–Trinajstić information content (AvgIpc) is 3.17. The Balaban J connectivity index is 1.89. The Kier molecular flexibility index (Phi) is 7.58. The van der Waals surface area contributed by atoms with Crippen molar-refractivity contribution in [3.8, 4) is 17.2 Å². The number of hydrogen-bond donors (Lipinski definition) is 0. The van der Waals surface area contributed by atoms with Gasteiger partial charge in [-0.3, -0.25) is 14.2 Å². The van der Waals surface area contributed by atoms with E-state index in [2.05, 4.69) is 4.99 Å². The third kappa shape index (κ3) is 5.19. The molecule has 192 valence electrons. The fraction of sp³-hybridized carbons (Fsp3) is 0.259. The third-order valence-corrected chi connectivity index (χ3v) is 6.66. The molecule has 2 heterocycles. The van der Waals surface area contributed by atoms with Crippen LogP contribution in [-0.4, -0.2) is 37.3 Å². The molecule has 1 atom stereocenters. The van der Waals surface area contributed by atoms with Crippen LogP contribution in [0.2, 0.25) is 0 Å². The minimum absolute atomic E-state index is 0.183. The van der Waals surface area contributed by atoms with E-state index in [9.17, 15) is 14.4 Å². The van der Waals surface area contributed by atoms with Crippen LogP contribution in [0.3, 0.4) is 0 Å². The zero-order valence-electron chi connectivity index (χ0n) is 21.1. The highest BCUT2D eigenvalue weighted by Crippen LogP contribution is 2.36. The Bertz CT molecular complexity index is 1570. The van der Waals surface area contributed by atoms with Gasteiger partial charge in [-0.15, -0.1) is 0 Å². The van der Waals surface area contributed by atoms with Crippen LogP contribution in [0, 0.1) is 0 Å². The Morgan fingerprint density at radius 1 is 1.08 bits per heavy atom. The zero-order valence-corrected chi connectivity index (χ0v) is 21.9. The van der Waals surface area contributed by atoms with Crippen molar-refractivity contribution in [1.82, 2.24) is 4.57 Å². The lowest BCUT2D eigenvalue weighted by Gasteiger charge is -2.25. The second-order valence-electron chi connectivity index (χ2n) is 8.08. The summed E-state index contributed by atoms with van der Waals surface area (Å²) in [6.45, 7) is 4.96. The number of fused-ring (bicyclic) bond motifs is 1. The highest BCUT2D eigenvalue weighted by Gasteiger charge is 2.33. The van der Waals surface area contributed by atoms with Crippen molar-refractivity contribution in [2.45, 2.75) is 26.8 Å². The molecule has 37 heavy (non-hydrogen) atoms. The average molecular weight is 523 g/mol. The number of benzene rings is 2. The smallest absolute Gasteiger partial charge is 0.338 e. The molecule has 4 rings (SSSR count). The molecule has 3 aromatic rings. The number of methoxy groups -OCH3 is 2. The molecule has 0 saturated heterocycles. The summed E-state index contributed by atoms with van der Waals surface area (Å²) in [7, 11) is 3.06. The van der Waals surface area contributed by atoms with Gasteiger partial charge in [0, 0.05) is 6.92 Å². The number of ether oxygens (including phenoxy) is 4. The van der Waals surface area contributed by atoms with Crippen molar-refractivity contribution < 1.29 is 28.5 Å². The number of nitrogens with zero attached hydrogens (tertiary/aromatic N) is 2. The van der Waals surface area contributed by atoms with Crippen molar-refractivity contribution in [2.75, 3.05) is 20.8 Å². The third-order valence-electron chi connectivity index (χ3n) is 5.68. The van der Waals surface area contributed by atoms with Crippen molar-refractivity contribution >= 4 is 29.4 Å². The lowest BCUT2D eigenvalue weighted by atomic mass is 9.95. The van der Waals surface area contributed by atoms with Gasteiger partial charge in [0.25, 0.3) is 5.56 Å². The van der Waals surface area contributed by atoms with Crippen LogP contribution in [0.15, 0.2) is 63.5 Å². The van der Waals surface area contributed by atoms with Crippen molar-refractivity contribution in [1.29, 1.82) is 0 Å². The largest absolute Gasteiger partial charge is 0.493 e. The second-order valence-corrected chi connectivity index (χ2v) is 9.09. The molecule has 2 aromatic carbocycles. The maximum Gasteiger partial charge on any atom is 0.338 e. The summed E-state index contributed by atoms with van der Waals surface area (Å²) >= 11 is 1.22. The summed E-state index contributed by atoms with van der Waals surface area (Å²) in [6.07, 6.45) is 1.73. The minimum Gasteiger partial charge on any atom is -0.493 e. The monoisotopic (exact) mass is 522 g/mol. The molecule has 10 heteroatoms. The van der Waals surface area contributed by atoms with Gasteiger partial charge in [-0.25, -0.2) is 9.79 Å². The minimum atomic E-state index is -0.774. The molecule has 1 aliphatic heterocycles. The summed E-state index contributed by atoms with van der Waals surface area (Å²) in [5.41, 5.74) is 1.83. The van der Waals surface area contributed by atoms with Gasteiger partial charge < -0.3 is 18.9 Å². The molecule has 0 fully saturated rings. The summed E-state index contributed by atoms with van der Waals surface area (Å²) < 4.78 is 23.2. The van der Waals surface area contributed by atoms with Crippen LogP contribution in [0.1, 0.15) is 37.9 Å². The predicted molar refractivity (Wildman–Crippen MR) is 138 cm³/mol. The Morgan fingerprint density at radius 2 is 1.78 bits per heavy atom. The molecular formula is C27H26N2O7S. The number of rotatable bonds is 7. The van der Waals surface area contributed by atoms with Gasteiger partial charge in [-0.05, 0) is 55.3 Å². The number of allylic oxidation sites excluding steroid dienone is 1. The number of carbonyl (C=O) groups is 2. The van der Waals surface area contributed by atoms with Gasteiger partial charge in [0.2, 0.25) is 0 Å². The maximum atomic E-state index is 13.7. The summed E-state index contributed by atoms with van der Waals surface area (Å²) in [5.74, 6) is 0.444. The molecule has 0 aliphatic carbocycles. The lowest BCUT2D eigenvalue weighted by Crippen LogP contribution is -2.39. The number of esters is 2. The first-order valence-electron chi connectivity index (χ1n) is 11.5. The summed E-state index contributed by atoms with van der Waals surface area (Å²) in [4.78, 5) is 43.0. The normalized spacial score (nSPS) is 15.1. The number of thiazole rings is 1. The van der Waals surface area contributed by atoms with Gasteiger partial charge in [0.15, 0.2) is 16.3 Å². The van der Waals surface area contributed by atoms with E-state index in [-0.39, 0.29) is 17.7 Å². The standard InChI is InChI=1S/C27H26N2O7S/c1-6-35-26(32)23-15(2)28-27-29(24(23)18-9-12-20(33-4)21(14-18)34-5)25(31)22(37-27)13-17-7-10-19(11-8-17)36-16(3)30/h7-14,24H,6H2,1-5H3/b22-13-/t24-/m0/s1. The van der Waals surface area contributed by atoms with E-state index < -0.39 is 18.0 Å². The van der Waals surface area contributed by atoms with Crippen LogP contribution >= 0.6 is 11.3 Å². The first-order valence-corrected chi connectivity index (χ1v) is 12.3. The fourth-order valence-corrected chi connectivity index (χ4v) is 5.13. The molecule has 0 spiro atoms. The van der Waals surface area contributed by atoms with E-state index in [1.54, 1.807) is 62.4 Å².